The molecule has 0 aliphatic carbocycles. The Labute approximate surface area is 137 Å². The van der Waals surface area contributed by atoms with E-state index >= 15 is 0 Å². The zero-order chi connectivity index (χ0) is 18.1. The number of halogens is 3. The van der Waals surface area contributed by atoms with Crippen LogP contribution in [0, 0.1) is 11.8 Å². The van der Waals surface area contributed by atoms with Gasteiger partial charge in [0, 0.05) is 13.1 Å². The van der Waals surface area contributed by atoms with Crippen molar-refractivity contribution in [3.05, 3.63) is 29.8 Å². The summed E-state index contributed by atoms with van der Waals surface area (Å²) >= 11 is 0. The molecular formula is C16H18F3NO4. The predicted octanol–water partition coefficient (Wildman–Crippen LogP) is 2.65. The van der Waals surface area contributed by atoms with Gasteiger partial charge in [0.2, 0.25) is 0 Å². The summed E-state index contributed by atoms with van der Waals surface area (Å²) in [5.74, 6) is -2.84. The number of carboxylic acid groups (broad SMARTS) is 1. The summed E-state index contributed by atoms with van der Waals surface area (Å²) in [6.45, 7) is 3.35. The quantitative estimate of drug-likeness (QED) is 0.911. The monoisotopic (exact) mass is 345 g/mol. The van der Waals surface area contributed by atoms with Crippen LogP contribution in [0.4, 0.5) is 13.2 Å². The largest absolute Gasteiger partial charge is 0.481 e. The summed E-state index contributed by atoms with van der Waals surface area (Å²) in [7, 11) is 0. The SMILES string of the molecule is CC(Oc1ccccc1C(F)(F)F)C(=O)N1C[C@@H](C)[C@H](C(=O)O)C1. The summed E-state index contributed by atoms with van der Waals surface area (Å²) in [6.07, 6.45) is -5.73. The van der Waals surface area contributed by atoms with Crippen molar-refractivity contribution in [3.8, 4) is 5.75 Å². The van der Waals surface area contributed by atoms with Gasteiger partial charge in [0.1, 0.15) is 5.75 Å². The van der Waals surface area contributed by atoms with Gasteiger partial charge in [0.25, 0.3) is 5.91 Å². The number of amides is 1. The Bertz CT molecular complexity index is 632. The summed E-state index contributed by atoms with van der Waals surface area (Å²) in [4.78, 5) is 24.8. The molecule has 1 fully saturated rings. The number of hydrogen-bond donors (Lipinski definition) is 1. The molecule has 1 amide bonds. The van der Waals surface area contributed by atoms with Crippen molar-refractivity contribution >= 4 is 11.9 Å². The molecule has 1 aromatic carbocycles. The third kappa shape index (κ3) is 3.80. The first-order valence-corrected chi connectivity index (χ1v) is 7.45. The van der Waals surface area contributed by atoms with E-state index in [-0.39, 0.29) is 19.0 Å². The molecule has 0 spiro atoms. The van der Waals surface area contributed by atoms with Crippen molar-refractivity contribution in [2.75, 3.05) is 13.1 Å². The third-order valence-corrected chi connectivity index (χ3v) is 4.09. The molecule has 8 heteroatoms. The summed E-state index contributed by atoms with van der Waals surface area (Å²) in [5, 5.41) is 9.09. The highest BCUT2D eigenvalue weighted by molar-refractivity contribution is 5.82. The van der Waals surface area contributed by atoms with Gasteiger partial charge in [-0.25, -0.2) is 0 Å². The van der Waals surface area contributed by atoms with E-state index < -0.39 is 41.4 Å². The molecule has 1 saturated heterocycles. The van der Waals surface area contributed by atoms with Gasteiger partial charge in [-0.2, -0.15) is 13.2 Å². The standard InChI is InChI=1S/C16H18F3NO4/c1-9-7-20(8-11(9)15(22)23)14(21)10(2)24-13-6-4-3-5-12(13)16(17,18)19/h3-6,9-11H,7-8H2,1-2H3,(H,22,23)/t9-,10?,11-/m1/s1. The van der Waals surface area contributed by atoms with Crippen LogP contribution in [0.1, 0.15) is 19.4 Å². The highest BCUT2D eigenvalue weighted by Crippen LogP contribution is 2.36. The fourth-order valence-electron chi connectivity index (χ4n) is 2.77. The number of rotatable bonds is 4. The van der Waals surface area contributed by atoms with Crippen LogP contribution in [0.5, 0.6) is 5.75 Å². The summed E-state index contributed by atoms with van der Waals surface area (Å²) < 4.78 is 44.1. The number of ether oxygens (including phenoxy) is 1. The van der Waals surface area contributed by atoms with E-state index in [1.807, 2.05) is 0 Å². The Balaban J connectivity index is 2.10. The van der Waals surface area contributed by atoms with Gasteiger partial charge in [-0.1, -0.05) is 19.1 Å². The molecule has 1 unspecified atom stereocenters. The molecule has 1 heterocycles. The fourth-order valence-corrected chi connectivity index (χ4v) is 2.77. The summed E-state index contributed by atoms with van der Waals surface area (Å²) in [6, 6.07) is 4.66. The first-order chi connectivity index (χ1) is 11.1. The van der Waals surface area contributed by atoms with E-state index in [0.717, 1.165) is 12.1 Å². The second-order valence-corrected chi connectivity index (χ2v) is 5.92. The normalized spacial score (nSPS) is 22.3. The van der Waals surface area contributed by atoms with Gasteiger partial charge in [-0.3, -0.25) is 9.59 Å². The Morgan fingerprint density at radius 1 is 1.29 bits per heavy atom. The van der Waals surface area contributed by atoms with Crippen LogP contribution in [0.3, 0.4) is 0 Å². The molecule has 2 rings (SSSR count). The minimum Gasteiger partial charge on any atom is -0.481 e. The average Bonchev–Trinajstić information content (AvgIpc) is 2.88. The Hall–Kier alpha value is -2.25. The predicted molar refractivity (Wildman–Crippen MR) is 78.4 cm³/mol. The van der Waals surface area contributed by atoms with E-state index in [2.05, 4.69) is 0 Å². The highest BCUT2D eigenvalue weighted by Gasteiger charge is 2.39. The number of benzene rings is 1. The minimum atomic E-state index is -4.59. The molecule has 1 N–H and O–H groups in total. The van der Waals surface area contributed by atoms with Crippen LogP contribution < -0.4 is 4.74 Å². The lowest BCUT2D eigenvalue weighted by Gasteiger charge is -2.23. The van der Waals surface area contributed by atoms with Gasteiger partial charge in [0.15, 0.2) is 6.10 Å². The smallest absolute Gasteiger partial charge is 0.419 e. The van der Waals surface area contributed by atoms with Crippen LogP contribution >= 0.6 is 0 Å². The number of carbonyl (C=O) groups excluding carboxylic acids is 1. The molecule has 132 valence electrons. The van der Waals surface area contributed by atoms with Gasteiger partial charge in [-0.05, 0) is 25.0 Å². The first kappa shape index (κ1) is 18.1. The molecule has 24 heavy (non-hydrogen) atoms. The van der Waals surface area contributed by atoms with Crippen LogP contribution in [0.15, 0.2) is 24.3 Å². The number of carbonyl (C=O) groups is 2. The highest BCUT2D eigenvalue weighted by atomic mass is 19.4. The number of nitrogens with zero attached hydrogens (tertiary/aromatic N) is 1. The van der Waals surface area contributed by atoms with E-state index in [1.54, 1.807) is 6.92 Å². The number of carboxylic acids is 1. The zero-order valence-corrected chi connectivity index (χ0v) is 13.2. The van der Waals surface area contributed by atoms with Gasteiger partial charge >= 0.3 is 12.1 Å². The van der Waals surface area contributed by atoms with Crippen LogP contribution in [-0.2, 0) is 15.8 Å². The van der Waals surface area contributed by atoms with Gasteiger partial charge in [0.05, 0.1) is 11.5 Å². The number of para-hydroxylation sites is 1. The lowest BCUT2D eigenvalue weighted by molar-refractivity contribution is -0.144. The number of alkyl halides is 3. The van der Waals surface area contributed by atoms with Crippen molar-refractivity contribution < 1.29 is 32.6 Å². The van der Waals surface area contributed by atoms with Crippen molar-refractivity contribution in [2.24, 2.45) is 11.8 Å². The Morgan fingerprint density at radius 2 is 1.92 bits per heavy atom. The average molecular weight is 345 g/mol. The molecule has 0 saturated carbocycles. The molecule has 0 bridgehead atoms. The number of likely N-dealkylation sites (tertiary alicyclic amines) is 1. The van der Waals surface area contributed by atoms with Crippen LogP contribution in [-0.4, -0.2) is 41.1 Å². The lowest BCUT2D eigenvalue weighted by atomic mass is 9.99. The van der Waals surface area contributed by atoms with E-state index in [1.165, 1.54) is 24.0 Å². The van der Waals surface area contributed by atoms with Crippen LogP contribution in [0.2, 0.25) is 0 Å². The number of hydrogen-bond acceptors (Lipinski definition) is 3. The Kier molecular flexibility index (Phi) is 5.05. The minimum absolute atomic E-state index is 0.0317. The van der Waals surface area contributed by atoms with Crippen LogP contribution in [0.25, 0.3) is 0 Å². The van der Waals surface area contributed by atoms with E-state index in [9.17, 15) is 22.8 Å². The van der Waals surface area contributed by atoms with Crippen molar-refractivity contribution in [1.29, 1.82) is 0 Å². The Morgan fingerprint density at radius 3 is 2.46 bits per heavy atom. The molecule has 1 aliphatic heterocycles. The lowest BCUT2D eigenvalue weighted by Crippen LogP contribution is -2.39. The van der Waals surface area contributed by atoms with Gasteiger partial charge in [-0.15, -0.1) is 0 Å². The van der Waals surface area contributed by atoms with Gasteiger partial charge < -0.3 is 14.7 Å². The summed E-state index contributed by atoms with van der Waals surface area (Å²) in [5.41, 5.74) is -0.956. The van der Waals surface area contributed by atoms with Crippen molar-refractivity contribution in [1.82, 2.24) is 4.90 Å². The molecule has 0 aromatic heterocycles. The maximum absolute atomic E-state index is 13.0. The second-order valence-electron chi connectivity index (χ2n) is 5.92. The third-order valence-electron chi connectivity index (χ3n) is 4.09. The molecule has 0 radical (unpaired) electrons. The molecular weight excluding hydrogens is 327 g/mol. The van der Waals surface area contributed by atoms with E-state index in [0.29, 0.717) is 0 Å². The van der Waals surface area contributed by atoms with Crippen molar-refractivity contribution in [3.63, 3.8) is 0 Å². The molecule has 5 nitrogen and oxygen atoms in total. The molecule has 3 atom stereocenters. The zero-order valence-electron chi connectivity index (χ0n) is 13.2. The second kappa shape index (κ2) is 6.70. The maximum Gasteiger partial charge on any atom is 0.419 e. The first-order valence-electron chi connectivity index (χ1n) is 7.45. The fraction of sp³-hybridized carbons (Fsp3) is 0.500. The van der Waals surface area contributed by atoms with E-state index in [4.69, 9.17) is 9.84 Å². The molecule has 1 aliphatic rings. The molecule has 1 aromatic rings. The topological polar surface area (TPSA) is 66.8 Å². The van der Waals surface area contributed by atoms with Crippen molar-refractivity contribution in [2.45, 2.75) is 26.1 Å². The maximum atomic E-state index is 13.0. The number of aliphatic carboxylic acids is 1.